The van der Waals surface area contributed by atoms with Gasteiger partial charge in [0.05, 0.1) is 0 Å². The summed E-state index contributed by atoms with van der Waals surface area (Å²) in [5, 5.41) is 8.55. The Bertz CT molecular complexity index is 132. The van der Waals surface area contributed by atoms with Crippen LogP contribution in [0.25, 0.3) is 0 Å². The average molecular weight is 157 g/mol. The van der Waals surface area contributed by atoms with Gasteiger partial charge in [0.15, 0.2) is 0 Å². The summed E-state index contributed by atoms with van der Waals surface area (Å²) in [5.41, 5.74) is 0. The molecule has 1 heterocycles. The Morgan fingerprint density at radius 3 is 3.09 bits per heavy atom. The molecular formula is C7H15N3O. The van der Waals surface area contributed by atoms with E-state index in [9.17, 15) is 4.79 Å². The van der Waals surface area contributed by atoms with Crippen LogP contribution >= 0.6 is 0 Å². The molecule has 1 aliphatic heterocycles. The number of hydrogen-bond acceptors (Lipinski definition) is 2. The quantitative estimate of drug-likeness (QED) is 0.507. The molecule has 1 unspecified atom stereocenters. The molecule has 0 aromatic rings. The summed E-state index contributed by atoms with van der Waals surface area (Å²) >= 11 is 0. The predicted molar refractivity (Wildman–Crippen MR) is 43.4 cm³/mol. The van der Waals surface area contributed by atoms with Crippen molar-refractivity contribution in [1.82, 2.24) is 16.0 Å². The van der Waals surface area contributed by atoms with E-state index in [1.807, 2.05) is 0 Å². The molecule has 11 heavy (non-hydrogen) atoms. The lowest BCUT2D eigenvalue weighted by molar-refractivity contribution is 0.241. The zero-order valence-electron chi connectivity index (χ0n) is 6.81. The van der Waals surface area contributed by atoms with E-state index in [0.29, 0.717) is 5.92 Å². The Kier molecular flexibility index (Phi) is 3.16. The monoisotopic (exact) mass is 157 g/mol. The Labute approximate surface area is 66.7 Å². The minimum Gasteiger partial charge on any atom is -0.341 e. The van der Waals surface area contributed by atoms with E-state index in [2.05, 4.69) is 16.0 Å². The SMILES string of the molecule is CNC(=O)NCC1CCNC1. The molecule has 4 nitrogen and oxygen atoms in total. The van der Waals surface area contributed by atoms with Gasteiger partial charge >= 0.3 is 6.03 Å². The van der Waals surface area contributed by atoms with E-state index in [1.165, 1.54) is 6.42 Å². The lowest BCUT2D eigenvalue weighted by Gasteiger charge is -2.08. The molecule has 0 aromatic heterocycles. The van der Waals surface area contributed by atoms with Gasteiger partial charge in [-0.1, -0.05) is 0 Å². The molecule has 0 radical (unpaired) electrons. The minimum absolute atomic E-state index is 0.0862. The summed E-state index contributed by atoms with van der Waals surface area (Å²) in [5.74, 6) is 0.618. The van der Waals surface area contributed by atoms with Crippen LogP contribution in [0.1, 0.15) is 6.42 Å². The van der Waals surface area contributed by atoms with Crippen molar-refractivity contribution in [3.8, 4) is 0 Å². The Morgan fingerprint density at radius 1 is 1.73 bits per heavy atom. The van der Waals surface area contributed by atoms with Gasteiger partial charge in [-0.15, -0.1) is 0 Å². The summed E-state index contributed by atoms with van der Waals surface area (Å²) in [4.78, 5) is 10.7. The second-order valence-electron chi connectivity index (χ2n) is 2.82. The topological polar surface area (TPSA) is 53.2 Å². The smallest absolute Gasteiger partial charge is 0.314 e. The van der Waals surface area contributed by atoms with Crippen molar-refractivity contribution >= 4 is 6.03 Å². The maximum absolute atomic E-state index is 10.7. The third-order valence-corrected chi connectivity index (χ3v) is 1.94. The maximum atomic E-state index is 10.7. The van der Waals surface area contributed by atoms with Crippen molar-refractivity contribution < 1.29 is 4.79 Å². The molecule has 0 aromatic carbocycles. The van der Waals surface area contributed by atoms with E-state index in [1.54, 1.807) is 7.05 Å². The zero-order valence-corrected chi connectivity index (χ0v) is 6.81. The van der Waals surface area contributed by atoms with Crippen molar-refractivity contribution in [2.24, 2.45) is 5.92 Å². The van der Waals surface area contributed by atoms with Crippen LogP contribution in [0.5, 0.6) is 0 Å². The van der Waals surface area contributed by atoms with Gasteiger partial charge in [-0.05, 0) is 25.4 Å². The molecular weight excluding hydrogens is 142 g/mol. The van der Waals surface area contributed by atoms with Crippen LogP contribution in [0.2, 0.25) is 0 Å². The van der Waals surface area contributed by atoms with Gasteiger partial charge in [-0.3, -0.25) is 0 Å². The van der Waals surface area contributed by atoms with E-state index >= 15 is 0 Å². The van der Waals surface area contributed by atoms with Crippen molar-refractivity contribution in [3.05, 3.63) is 0 Å². The van der Waals surface area contributed by atoms with Crippen LogP contribution < -0.4 is 16.0 Å². The molecule has 1 saturated heterocycles. The Hall–Kier alpha value is -0.770. The molecule has 0 bridgehead atoms. The van der Waals surface area contributed by atoms with Crippen LogP contribution in [-0.4, -0.2) is 32.7 Å². The van der Waals surface area contributed by atoms with Crippen molar-refractivity contribution in [3.63, 3.8) is 0 Å². The highest BCUT2D eigenvalue weighted by molar-refractivity contribution is 5.73. The summed E-state index contributed by atoms with van der Waals surface area (Å²) in [6.45, 7) is 2.90. The van der Waals surface area contributed by atoms with Crippen molar-refractivity contribution in [2.45, 2.75) is 6.42 Å². The van der Waals surface area contributed by atoms with Crippen LogP contribution in [0.4, 0.5) is 4.79 Å². The second-order valence-corrected chi connectivity index (χ2v) is 2.82. The molecule has 0 aliphatic carbocycles. The molecule has 64 valence electrons. The number of amides is 2. The normalized spacial score (nSPS) is 23.2. The highest BCUT2D eigenvalue weighted by Crippen LogP contribution is 2.04. The van der Waals surface area contributed by atoms with Crippen LogP contribution in [-0.2, 0) is 0 Å². The van der Waals surface area contributed by atoms with Gasteiger partial charge in [0.1, 0.15) is 0 Å². The first-order valence-electron chi connectivity index (χ1n) is 3.99. The molecule has 4 heteroatoms. The number of hydrogen-bond donors (Lipinski definition) is 3. The van der Waals surface area contributed by atoms with Crippen LogP contribution in [0, 0.1) is 5.92 Å². The number of carbonyl (C=O) groups excluding carboxylic acids is 1. The van der Waals surface area contributed by atoms with E-state index in [-0.39, 0.29) is 6.03 Å². The predicted octanol–water partition coefficient (Wildman–Crippen LogP) is -0.475. The highest BCUT2D eigenvalue weighted by Gasteiger charge is 2.14. The number of nitrogens with one attached hydrogen (secondary N) is 3. The minimum atomic E-state index is -0.0862. The molecule has 0 saturated carbocycles. The average Bonchev–Trinajstić information content (AvgIpc) is 2.52. The fourth-order valence-corrected chi connectivity index (χ4v) is 1.21. The molecule has 1 fully saturated rings. The zero-order chi connectivity index (χ0) is 8.10. The first-order chi connectivity index (χ1) is 5.33. The van der Waals surface area contributed by atoms with E-state index in [4.69, 9.17) is 0 Å². The van der Waals surface area contributed by atoms with Gasteiger partial charge in [-0.25, -0.2) is 4.79 Å². The fraction of sp³-hybridized carbons (Fsp3) is 0.857. The largest absolute Gasteiger partial charge is 0.341 e. The van der Waals surface area contributed by atoms with E-state index < -0.39 is 0 Å². The summed E-state index contributed by atoms with van der Waals surface area (Å²) in [7, 11) is 1.63. The van der Waals surface area contributed by atoms with E-state index in [0.717, 1.165) is 19.6 Å². The number of carbonyl (C=O) groups is 1. The summed E-state index contributed by atoms with van der Waals surface area (Å²) < 4.78 is 0. The molecule has 3 N–H and O–H groups in total. The van der Waals surface area contributed by atoms with Crippen LogP contribution in [0.3, 0.4) is 0 Å². The van der Waals surface area contributed by atoms with Crippen molar-refractivity contribution in [1.29, 1.82) is 0 Å². The second kappa shape index (κ2) is 4.18. The van der Waals surface area contributed by atoms with Gasteiger partial charge in [0.2, 0.25) is 0 Å². The van der Waals surface area contributed by atoms with Gasteiger partial charge in [-0.2, -0.15) is 0 Å². The standard InChI is InChI=1S/C7H15N3O/c1-8-7(11)10-5-6-2-3-9-4-6/h6,9H,2-5H2,1H3,(H2,8,10,11). The molecule has 1 atom stereocenters. The summed E-state index contributed by atoms with van der Waals surface area (Å²) in [6, 6.07) is -0.0862. The molecule has 1 rings (SSSR count). The Balaban J connectivity index is 2.06. The number of urea groups is 1. The van der Waals surface area contributed by atoms with Gasteiger partial charge in [0, 0.05) is 13.6 Å². The molecule has 2 amide bonds. The molecule has 0 spiro atoms. The third kappa shape index (κ3) is 2.76. The first kappa shape index (κ1) is 8.33. The van der Waals surface area contributed by atoms with Crippen molar-refractivity contribution in [2.75, 3.05) is 26.7 Å². The highest BCUT2D eigenvalue weighted by atomic mass is 16.2. The lowest BCUT2D eigenvalue weighted by atomic mass is 10.1. The first-order valence-corrected chi connectivity index (χ1v) is 3.99. The lowest BCUT2D eigenvalue weighted by Crippen LogP contribution is -2.36. The Morgan fingerprint density at radius 2 is 2.55 bits per heavy atom. The summed E-state index contributed by atoms with van der Waals surface area (Å²) in [6.07, 6.45) is 1.17. The van der Waals surface area contributed by atoms with Crippen LogP contribution in [0.15, 0.2) is 0 Å². The number of rotatable bonds is 2. The maximum Gasteiger partial charge on any atom is 0.314 e. The fourth-order valence-electron chi connectivity index (χ4n) is 1.21. The third-order valence-electron chi connectivity index (χ3n) is 1.94. The molecule has 1 aliphatic rings. The van der Waals surface area contributed by atoms with Gasteiger partial charge < -0.3 is 16.0 Å². The van der Waals surface area contributed by atoms with Gasteiger partial charge in [0.25, 0.3) is 0 Å².